The minimum atomic E-state index is 0.165. The summed E-state index contributed by atoms with van der Waals surface area (Å²) in [5.74, 6) is 1.06. The third-order valence-corrected chi connectivity index (χ3v) is 3.30. The zero-order chi connectivity index (χ0) is 13.1. The van der Waals surface area contributed by atoms with Crippen molar-refractivity contribution in [3.8, 4) is 5.75 Å². The van der Waals surface area contributed by atoms with Gasteiger partial charge in [0.2, 0.25) is 5.91 Å². The fourth-order valence-electron chi connectivity index (χ4n) is 2.15. The molecule has 3 heteroatoms. The summed E-state index contributed by atoms with van der Waals surface area (Å²) in [7, 11) is 5.27. The Balaban J connectivity index is 2.17. The van der Waals surface area contributed by atoms with Gasteiger partial charge in [-0.1, -0.05) is 17.7 Å². The Morgan fingerprint density at radius 1 is 1.33 bits per heavy atom. The Labute approximate surface area is 108 Å². The molecule has 18 heavy (non-hydrogen) atoms. The van der Waals surface area contributed by atoms with Gasteiger partial charge >= 0.3 is 0 Å². The van der Waals surface area contributed by atoms with E-state index in [9.17, 15) is 4.79 Å². The SMILES string of the molecule is COc1ccc2c(c1)CCC(CC(=O)N(C)C)=C2. The number of carbonyl (C=O) groups is 1. The number of hydrogen-bond acceptors (Lipinski definition) is 2. The minimum Gasteiger partial charge on any atom is -0.497 e. The van der Waals surface area contributed by atoms with Gasteiger partial charge in [0.1, 0.15) is 5.75 Å². The van der Waals surface area contributed by atoms with Gasteiger partial charge < -0.3 is 9.64 Å². The minimum absolute atomic E-state index is 0.165. The van der Waals surface area contributed by atoms with Crippen molar-refractivity contribution in [1.82, 2.24) is 4.90 Å². The molecule has 1 aliphatic carbocycles. The van der Waals surface area contributed by atoms with Crippen LogP contribution in [0.3, 0.4) is 0 Å². The number of hydrogen-bond donors (Lipinski definition) is 0. The summed E-state index contributed by atoms with van der Waals surface area (Å²) < 4.78 is 5.22. The van der Waals surface area contributed by atoms with Crippen molar-refractivity contribution in [1.29, 1.82) is 0 Å². The maximum atomic E-state index is 11.7. The molecule has 1 aromatic carbocycles. The highest BCUT2D eigenvalue weighted by molar-refractivity contribution is 5.80. The van der Waals surface area contributed by atoms with Crippen LogP contribution in [0.1, 0.15) is 24.0 Å². The fraction of sp³-hybridized carbons (Fsp3) is 0.400. The number of carbonyl (C=O) groups excluding carboxylic acids is 1. The topological polar surface area (TPSA) is 29.5 Å². The average Bonchev–Trinajstić information content (AvgIpc) is 2.37. The third-order valence-electron chi connectivity index (χ3n) is 3.30. The normalized spacial score (nSPS) is 13.6. The molecular weight excluding hydrogens is 226 g/mol. The van der Waals surface area contributed by atoms with E-state index in [0.717, 1.165) is 18.6 Å². The van der Waals surface area contributed by atoms with Crippen molar-refractivity contribution >= 4 is 12.0 Å². The Morgan fingerprint density at radius 2 is 2.11 bits per heavy atom. The summed E-state index contributed by atoms with van der Waals surface area (Å²) >= 11 is 0. The third kappa shape index (κ3) is 2.73. The maximum absolute atomic E-state index is 11.7. The number of amides is 1. The lowest BCUT2D eigenvalue weighted by Gasteiger charge is -2.18. The second-order valence-corrected chi connectivity index (χ2v) is 4.83. The predicted molar refractivity (Wildman–Crippen MR) is 72.6 cm³/mol. The molecule has 0 saturated carbocycles. The van der Waals surface area contributed by atoms with Crippen molar-refractivity contribution < 1.29 is 9.53 Å². The van der Waals surface area contributed by atoms with E-state index < -0.39 is 0 Å². The molecule has 0 bridgehead atoms. The van der Waals surface area contributed by atoms with Gasteiger partial charge in [0, 0.05) is 20.5 Å². The van der Waals surface area contributed by atoms with Crippen molar-refractivity contribution in [2.75, 3.05) is 21.2 Å². The highest BCUT2D eigenvalue weighted by Gasteiger charge is 2.14. The summed E-state index contributed by atoms with van der Waals surface area (Å²) in [4.78, 5) is 13.3. The number of rotatable bonds is 3. The molecule has 0 heterocycles. The van der Waals surface area contributed by atoms with Crippen LogP contribution >= 0.6 is 0 Å². The van der Waals surface area contributed by atoms with Crippen LogP contribution in [0.2, 0.25) is 0 Å². The van der Waals surface area contributed by atoms with Gasteiger partial charge in [-0.15, -0.1) is 0 Å². The van der Waals surface area contributed by atoms with E-state index in [0.29, 0.717) is 6.42 Å². The average molecular weight is 245 g/mol. The van der Waals surface area contributed by atoms with Crippen LogP contribution < -0.4 is 4.74 Å². The van der Waals surface area contributed by atoms with Gasteiger partial charge in [-0.25, -0.2) is 0 Å². The summed E-state index contributed by atoms with van der Waals surface area (Å²) in [6.07, 6.45) is 4.61. The van der Waals surface area contributed by atoms with Gasteiger partial charge in [-0.3, -0.25) is 4.79 Å². The van der Waals surface area contributed by atoms with Gasteiger partial charge in [0.05, 0.1) is 7.11 Å². The van der Waals surface area contributed by atoms with Crippen LogP contribution in [0.25, 0.3) is 6.08 Å². The number of ether oxygens (including phenoxy) is 1. The number of benzene rings is 1. The van der Waals surface area contributed by atoms with Crippen molar-refractivity contribution in [3.05, 3.63) is 34.9 Å². The van der Waals surface area contributed by atoms with E-state index >= 15 is 0 Å². The van der Waals surface area contributed by atoms with Crippen LogP contribution in [-0.2, 0) is 11.2 Å². The summed E-state index contributed by atoms with van der Waals surface area (Å²) in [6.45, 7) is 0. The van der Waals surface area contributed by atoms with Gasteiger partial charge in [0.25, 0.3) is 0 Å². The first-order chi connectivity index (χ1) is 8.60. The van der Waals surface area contributed by atoms with E-state index in [2.05, 4.69) is 18.2 Å². The lowest BCUT2D eigenvalue weighted by atomic mass is 9.90. The first kappa shape index (κ1) is 12.7. The molecule has 1 aliphatic rings. The molecule has 1 aromatic rings. The molecule has 2 rings (SSSR count). The molecular formula is C15H19NO2. The summed E-state index contributed by atoms with van der Waals surface area (Å²) in [6, 6.07) is 6.11. The second kappa shape index (κ2) is 5.25. The standard InChI is InChI=1S/C15H19NO2/c1-16(2)15(17)9-11-4-5-13-10-14(18-3)7-6-12(13)8-11/h6-8,10H,4-5,9H2,1-3H3. The first-order valence-electron chi connectivity index (χ1n) is 6.16. The molecule has 0 unspecified atom stereocenters. The van der Waals surface area contributed by atoms with E-state index in [4.69, 9.17) is 4.74 Å². The van der Waals surface area contributed by atoms with Gasteiger partial charge in [-0.05, 0) is 36.1 Å². The van der Waals surface area contributed by atoms with E-state index in [1.165, 1.54) is 16.7 Å². The van der Waals surface area contributed by atoms with Crippen LogP contribution in [0.4, 0.5) is 0 Å². The fourth-order valence-corrected chi connectivity index (χ4v) is 2.15. The molecule has 3 nitrogen and oxygen atoms in total. The smallest absolute Gasteiger partial charge is 0.226 e. The highest BCUT2D eigenvalue weighted by atomic mass is 16.5. The zero-order valence-electron chi connectivity index (χ0n) is 11.2. The van der Waals surface area contributed by atoms with Crippen LogP contribution in [0, 0.1) is 0 Å². The number of aryl methyl sites for hydroxylation is 1. The van der Waals surface area contributed by atoms with Crippen molar-refractivity contribution in [3.63, 3.8) is 0 Å². The Morgan fingerprint density at radius 3 is 2.78 bits per heavy atom. The molecule has 0 radical (unpaired) electrons. The largest absolute Gasteiger partial charge is 0.497 e. The van der Waals surface area contributed by atoms with E-state index in [1.807, 2.05) is 6.07 Å². The maximum Gasteiger partial charge on any atom is 0.226 e. The molecule has 0 saturated heterocycles. The zero-order valence-corrected chi connectivity index (χ0v) is 11.2. The van der Waals surface area contributed by atoms with Crippen LogP contribution in [0.5, 0.6) is 5.75 Å². The molecule has 96 valence electrons. The van der Waals surface area contributed by atoms with Crippen molar-refractivity contribution in [2.45, 2.75) is 19.3 Å². The van der Waals surface area contributed by atoms with Crippen molar-refractivity contribution in [2.24, 2.45) is 0 Å². The van der Waals surface area contributed by atoms with Crippen LogP contribution in [0.15, 0.2) is 23.8 Å². The highest BCUT2D eigenvalue weighted by Crippen LogP contribution is 2.28. The molecule has 0 atom stereocenters. The Hall–Kier alpha value is -1.77. The summed E-state index contributed by atoms with van der Waals surface area (Å²) in [5.41, 5.74) is 3.73. The molecule has 0 fully saturated rings. The second-order valence-electron chi connectivity index (χ2n) is 4.83. The first-order valence-corrected chi connectivity index (χ1v) is 6.16. The van der Waals surface area contributed by atoms with Gasteiger partial charge in [-0.2, -0.15) is 0 Å². The number of methoxy groups -OCH3 is 1. The quantitative estimate of drug-likeness (QED) is 0.819. The van der Waals surface area contributed by atoms with E-state index in [-0.39, 0.29) is 5.91 Å². The monoisotopic (exact) mass is 245 g/mol. The molecule has 0 aliphatic heterocycles. The molecule has 0 N–H and O–H groups in total. The van der Waals surface area contributed by atoms with Crippen LogP contribution in [-0.4, -0.2) is 32.0 Å². The van der Waals surface area contributed by atoms with E-state index in [1.54, 1.807) is 26.1 Å². The molecule has 0 spiro atoms. The lowest BCUT2D eigenvalue weighted by molar-refractivity contribution is -0.127. The molecule has 1 amide bonds. The van der Waals surface area contributed by atoms with Gasteiger partial charge in [0.15, 0.2) is 0 Å². The predicted octanol–water partition coefficient (Wildman–Crippen LogP) is 2.50. The number of nitrogens with zero attached hydrogens (tertiary/aromatic N) is 1. The lowest BCUT2D eigenvalue weighted by Crippen LogP contribution is -2.22. The number of fused-ring (bicyclic) bond motifs is 1. The summed E-state index contributed by atoms with van der Waals surface area (Å²) in [5, 5.41) is 0. The Kier molecular flexibility index (Phi) is 3.70. The Bertz CT molecular complexity index is 489. The molecule has 0 aromatic heterocycles.